The van der Waals surface area contributed by atoms with E-state index in [0.29, 0.717) is 5.69 Å². The molecule has 1 heterocycles. The van der Waals surface area contributed by atoms with E-state index in [1.54, 1.807) is 6.07 Å². The van der Waals surface area contributed by atoms with Crippen LogP contribution in [0.5, 0.6) is 0 Å². The number of amides is 2. The van der Waals surface area contributed by atoms with Crippen LogP contribution in [0, 0.1) is 15.4 Å². The maximum Gasteiger partial charge on any atom is 0.239 e. The molecule has 3 aromatic rings. The largest absolute Gasteiger partial charge is 0.302 e. The maximum absolute atomic E-state index is 13.8. The monoisotopic (exact) mass is 505 g/mol. The van der Waals surface area contributed by atoms with Gasteiger partial charge in [0.2, 0.25) is 11.8 Å². The van der Waals surface area contributed by atoms with E-state index in [1.165, 1.54) is 4.90 Å². The SMILES string of the molecule is O=CC12c3ccccc3C(c3ccccc31)[C@H]1C(=O)N(c3cccc(I)c3)C(=O)[C@H]12. The number of carbonyl (C=O) groups is 3. The third kappa shape index (κ3) is 1.99. The van der Waals surface area contributed by atoms with E-state index in [-0.39, 0.29) is 17.7 Å². The van der Waals surface area contributed by atoms with Gasteiger partial charge < -0.3 is 4.79 Å². The highest BCUT2D eigenvalue weighted by Gasteiger charge is 2.68. The fourth-order valence-corrected chi connectivity index (χ4v) is 6.43. The smallest absolute Gasteiger partial charge is 0.239 e. The standard InChI is InChI=1S/C25H16INO3/c26-14-6-5-7-15(12-14)27-23(29)21-20-16-8-1-3-10-18(16)25(13-28,22(21)24(27)30)19-11-4-2-9-17(19)20/h1-13,20-22H/t20?,21-,22+,25?/m1/s1. The van der Waals surface area contributed by atoms with Crippen molar-refractivity contribution in [3.8, 4) is 0 Å². The highest BCUT2D eigenvalue weighted by molar-refractivity contribution is 14.1. The fourth-order valence-electron chi connectivity index (χ4n) is 5.90. The highest BCUT2D eigenvalue weighted by Crippen LogP contribution is 2.63. The van der Waals surface area contributed by atoms with Crippen LogP contribution in [0.15, 0.2) is 72.8 Å². The Morgan fingerprint density at radius 2 is 1.47 bits per heavy atom. The van der Waals surface area contributed by atoms with Crippen LogP contribution in [0.1, 0.15) is 28.2 Å². The zero-order valence-corrected chi connectivity index (χ0v) is 17.9. The number of hydrogen-bond donors (Lipinski definition) is 0. The summed E-state index contributed by atoms with van der Waals surface area (Å²) in [4.78, 5) is 41.7. The fraction of sp³-hybridized carbons (Fsp3) is 0.160. The second kappa shape index (κ2) is 6.11. The van der Waals surface area contributed by atoms with E-state index < -0.39 is 17.3 Å². The topological polar surface area (TPSA) is 54.5 Å². The zero-order valence-electron chi connectivity index (χ0n) is 15.8. The van der Waals surface area contributed by atoms with Gasteiger partial charge in [-0.25, -0.2) is 4.90 Å². The summed E-state index contributed by atoms with van der Waals surface area (Å²) in [5, 5.41) is 0. The van der Waals surface area contributed by atoms with E-state index in [1.807, 2.05) is 66.7 Å². The minimum atomic E-state index is -1.14. The molecule has 0 N–H and O–H groups in total. The van der Waals surface area contributed by atoms with Crippen LogP contribution in [0.3, 0.4) is 0 Å². The molecule has 4 aliphatic rings. The molecule has 0 radical (unpaired) electrons. The number of nitrogens with zero attached hydrogens (tertiary/aromatic N) is 1. The first-order chi connectivity index (χ1) is 14.6. The zero-order chi connectivity index (χ0) is 20.6. The van der Waals surface area contributed by atoms with Crippen molar-refractivity contribution < 1.29 is 14.4 Å². The number of imide groups is 1. The number of benzene rings is 3. The number of hydrogen-bond acceptors (Lipinski definition) is 3. The Kier molecular flexibility index (Phi) is 3.67. The minimum Gasteiger partial charge on any atom is -0.302 e. The quantitative estimate of drug-likeness (QED) is 0.300. The summed E-state index contributed by atoms with van der Waals surface area (Å²) in [6.07, 6.45) is 0.904. The predicted molar refractivity (Wildman–Crippen MR) is 120 cm³/mol. The number of rotatable bonds is 2. The lowest BCUT2D eigenvalue weighted by atomic mass is 9.48. The molecule has 7 rings (SSSR count). The van der Waals surface area contributed by atoms with Crippen LogP contribution in [-0.2, 0) is 19.8 Å². The molecule has 1 fully saturated rings. The van der Waals surface area contributed by atoms with Gasteiger partial charge >= 0.3 is 0 Å². The average Bonchev–Trinajstić information content (AvgIpc) is 3.05. The molecular formula is C25H16INO3. The van der Waals surface area contributed by atoms with Crippen molar-refractivity contribution >= 4 is 46.4 Å². The number of aldehydes is 1. The summed E-state index contributed by atoms with van der Waals surface area (Å²) in [5.74, 6) is -2.03. The Morgan fingerprint density at radius 1 is 0.833 bits per heavy atom. The van der Waals surface area contributed by atoms with Crippen molar-refractivity contribution in [2.75, 3.05) is 4.90 Å². The summed E-state index contributed by atoms with van der Waals surface area (Å²) in [6.45, 7) is 0. The molecule has 1 saturated heterocycles. The van der Waals surface area contributed by atoms with E-state index in [0.717, 1.165) is 32.1 Å². The van der Waals surface area contributed by atoms with Gasteiger partial charge in [-0.1, -0.05) is 54.6 Å². The van der Waals surface area contributed by atoms with Crippen LogP contribution in [0.2, 0.25) is 0 Å². The number of carbonyl (C=O) groups excluding carboxylic acids is 3. The lowest BCUT2D eigenvalue weighted by Gasteiger charge is -2.51. The molecule has 0 aromatic heterocycles. The van der Waals surface area contributed by atoms with Crippen molar-refractivity contribution in [3.63, 3.8) is 0 Å². The third-order valence-electron chi connectivity index (χ3n) is 6.94. The summed E-state index contributed by atoms with van der Waals surface area (Å²) >= 11 is 2.17. The Hall–Kier alpha value is -2.80. The van der Waals surface area contributed by atoms with Gasteiger partial charge in [-0.3, -0.25) is 9.59 Å². The second-order valence-corrected chi connectivity index (χ2v) is 9.38. The first kappa shape index (κ1) is 18.0. The lowest BCUT2D eigenvalue weighted by Crippen LogP contribution is -2.54. The van der Waals surface area contributed by atoms with Crippen molar-refractivity contribution in [1.82, 2.24) is 0 Å². The Labute approximate surface area is 187 Å². The highest BCUT2D eigenvalue weighted by atomic mass is 127. The van der Waals surface area contributed by atoms with Crippen LogP contribution in [-0.4, -0.2) is 18.1 Å². The van der Waals surface area contributed by atoms with Gasteiger partial charge in [0.1, 0.15) is 6.29 Å². The molecule has 3 aliphatic carbocycles. The molecule has 0 unspecified atom stereocenters. The summed E-state index contributed by atoms with van der Waals surface area (Å²) in [5.41, 5.74) is 3.10. The molecule has 146 valence electrons. The molecular weight excluding hydrogens is 489 g/mol. The first-order valence-electron chi connectivity index (χ1n) is 9.88. The summed E-state index contributed by atoms with van der Waals surface area (Å²) < 4.78 is 0.945. The van der Waals surface area contributed by atoms with Crippen molar-refractivity contribution in [3.05, 3.63) is 98.6 Å². The van der Waals surface area contributed by atoms with Crippen molar-refractivity contribution in [2.24, 2.45) is 11.8 Å². The van der Waals surface area contributed by atoms with Crippen LogP contribution in [0.25, 0.3) is 0 Å². The molecule has 2 bridgehead atoms. The Bertz CT molecular complexity index is 1220. The second-order valence-electron chi connectivity index (χ2n) is 8.13. The third-order valence-corrected chi connectivity index (χ3v) is 7.61. The molecule has 1 aliphatic heterocycles. The molecule has 2 atom stereocenters. The van der Waals surface area contributed by atoms with E-state index in [2.05, 4.69) is 22.6 Å². The Morgan fingerprint density at radius 3 is 2.07 bits per heavy atom. The summed E-state index contributed by atoms with van der Waals surface area (Å²) in [6, 6.07) is 22.9. The first-order valence-corrected chi connectivity index (χ1v) is 11.0. The van der Waals surface area contributed by atoms with Gasteiger partial charge in [0, 0.05) is 9.49 Å². The van der Waals surface area contributed by atoms with E-state index in [9.17, 15) is 14.4 Å². The average molecular weight is 505 g/mol. The lowest BCUT2D eigenvalue weighted by molar-refractivity contribution is -0.128. The van der Waals surface area contributed by atoms with Crippen LogP contribution < -0.4 is 4.90 Å². The van der Waals surface area contributed by atoms with E-state index in [4.69, 9.17) is 0 Å². The van der Waals surface area contributed by atoms with Gasteiger partial charge in [-0.2, -0.15) is 0 Å². The van der Waals surface area contributed by atoms with Gasteiger partial charge in [0.15, 0.2) is 0 Å². The van der Waals surface area contributed by atoms with Gasteiger partial charge in [0.25, 0.3) is 0 Å². The molecule has 30 heavy (non-hydrogen) atoms. The molecule has 0 spiro atoms. The van der Waals surface area contributed by atoms with Crippen molar-refractivity contribution in [2.45, 2.75) is 11.3 Å². The van der Waals surface area contributed by atoms with Gasteiger partial charge in [-0.15, -0.1) is 0 Å². The summed E-state index contributed by atoms with van der Waals surface area (Å²) in [7, 11) is 0. The van der Waals surface area contributed by atoms with Gasteiger partial charge in [0.05, 0.1) is 22.9 Å². The van der Waals surface area contributed by atoms with Gasteiger partial charge in [-0.05, 0) is 63.0 Å². The number of anilines is 1. The molecule has 3 aromatic carbocycles. The normalized spacial score (nSPS) is 28.2. The Balaban J connectivity index is 1.66. The number of halogens is 1. The molecule has 4 nitrogen and oxygen atoms in total. The predicted octanol–water partition coefficient (Wildman–Crippen LogP) is 4.04. The van der Waals surface area contributed by atoms with Crippen LogP contribution >= 0.6 is 22.6 Å². The minimum absolute atomic E-state index is 0.216. The van der Waals surface area contributed by atoms with Crippen LogP contribution in [0.4, 0.5) is 5.69 Å². The molecule has 2 amide bonds. The van der Waals surface area contributed by atoms with Crippen molar-refractivity contribution in [1.29, 1.82) is 0 Å². The van der Waals surface area contributed by atoms with E-state index >= 15 is 0 Å². The molecule has 5 heteroatoms. The maximum atomic E-state index is 13.8. The molecule has 0 saturated carbocycles.